The molecule has 0 saturated carbocycles. The normalized spacial score (nSPS) is 19.6. The van der Waals surface area contributed by atoms with Gasteiger partial charge in [-0.05, 0) is 23.6 Å². The lowest BCUT2D eigenvalue weighted by Crippen LogP contribution is -2.55. The number of hydrogen-bond acceptors (Lipinski definition) is 5. The van der Waals surface area contributed by atoms with Crippen LogP contribution in [0, 0.1) is 0 Å². The average Bonchev–Trinajstić information content (AvgIpc) is 3.21. The van der Waals surface area contributed by atoms with E-state index in [1.165, 1.54) is 11.3 Å². The molecule has 0 N–H and O–H groups in total. The molecule has 0 radical (unpaired) electrons. The summed E-state index contributed by atoms with van der Waals surface area (Å²) in [6.07, 6.45) is -0.630. The highest BCUT2D eigenvalue weighted by atomic mass is 32.1. The monoisotopic (exact) mass is 358 g/mol. The Kier molecular flexibility index (Phi) is 4.31. The van der Waals surface area contributed by atoms with Crippen LogP contribution in [0.15, 0.2) is 41.8 Å². The van der Waals surface area contributed by atoms with Crippen LogP contribution >= 0.6 is 11.3 Å². The molecule has 1 fully saturated rings. The van der Waals surface area contributed by atoms with Gasteiger partial charge >= 0.3 is 0 Å². The van der Waals surface area contributed by atoms with E-state index in [1.807, 2.05) is 35.7 Å². The van der Waals surface area contributed by atoms with Gasteiger partial charge in [0.05, 0.1) is 4.88 Å². The molecule has 7 heteroatoms. The molecule has 2 aromatic rings. The van der Waals surface area contributed by atoms with Gasteiger partial charge in [0.25, 0.3) is 11.8 Å². The number of hydrogen-bond donors (Lipinski definition) is 0. The fourth-order valence-corrected chi connectivity index (χ4v) is 3.72. The van der Waals surface area contributed by atoms with Crippen LogP contribution in [0.3, 0.4) is 0 Å². The first-order valence-electron chi connectivity index (χ1n) is 8.22. The van der Waals surface area contributed by atoms with Gasteiger partial charge in [-0.25, -0.2) is 0 Å². The van der Waals surface area contributed by atoms with E-state index >= 15 is 0 Å². The van der Waals surface area contributed by atoms with Crippen molar-refractivity contribution in [2.75, 3.05) is 32.8 Å². The van der Waals surface area contributed by atoms with Gasteiger partial charge in [-0.15, -0.1) is 11.3 Å². The average molecular weight is 358 g/mol. The van der Waals surface area contributed by atoms with Crippen LogP contribution in [0.4, 0.5) is 0 Å². The Morgan fingerprint density at radius 2 is 1.68 bits per heavy atom. The van der Waals surface area contributed by atoms with Crippen molar-refractivity contribution in [3.05, 3.63) is 46.7 Å². The van der Waals surface area contributed by atoms with Crippen molar-refractivity contribution in [3.63, 3.8) is 0 Å². The number of thiophene rings is 1. The fourth-order valence-electron chi connectivity index (χ4n) is 3.03. The highest BCUT2D eigenvalue weighted by molar-refractivity contribution is 7.12. The molecule has 3 heterocycles. The summed E-state index contributed by atoms with van der Waals surface area (Å²) in [6.45, 7) is 2.30. The lowest BCUT2D eigenvalue weighted by Gasteiger charge is -2.37. The van der Waals surface area contributed by atoms with Crippen molar-refractivity contribution >= 4 is 23.2 Å². The van der Waals surface area contributed by atoms with Gasteiger partial charge in [-0.2, -0.15) is 0 Å². The summed E-state index contributed by atoms with van der Waals surface area (Å²) in [7, 11) is 0. The fraction of sp³-hybridized carbons (Fsp3) is 0.333. The second-order valence-electron chi connectivity index (χ2n) is 5.96. The van der Waals surface area contributed by atoms with Crippen LogP contribution in [0.2, 0.25) is 0 Å². The van der Waals surface area contributed by atoms with Crippen LogP contribution in [0.25, 0.3) is 0 Å². The van der Waals surface area contributed by atoms with Crippen LogP contribution in [-0.4, -0.2) is 60.5 Å². The molecule has 130 valence electrons. The Balaban J connectivity index is 1.35. The third-order valence-electron chi connectivity index (χ3n) is 4.39. The van der Waals surface area contributed by atoms with Gasteiger partial charge < -0.3 is 19.3 Å². The topological polar surface area (TPSA) is 59.1 Å². The predicted molar refractivity (Wildman–Crippen MR) is 93.2 cm³/mol. The number of nitrogens with zero attached hydrogens (tertiary/aromatic N) is 2. The summed E-state index contributed by atoms with van der Waals surface area (Å²) >= 11 is 1.44. The van der Waals surface area contributed by atoms with E-state index in [9.17, 15) is 9.59 Å². The first kappa shape index (κ1) is 16.0. The van der Waals surface area contributed by atoms with Gasteiger partial charge in [-0.1, -0.05) is 18.2 Å². The second-order valence-corrected chi connectivity index (χ2v) is 6.91. The van der Waals surface area contributed by atoms with E-state index in [0.717, 1.165) is 4.88 Å². The molecule has 4 rings (SSSR count). The minimum atomic E-state index is -0.630. The van der Waals surface area contributed by atoms with Gasteiger partial charge in [-0.3, -0.25) is 9.59 Å². The number of carbonyl (C=O) groups is 2. The van der Waals surface area contributed by atoms with Crippen LogP contribution < -0.4 is 9.47 Å². The Labute approximate surface area is 149 Å². The number of amides is 2. The van der Waals surface area contributed by atoms with Gasteiger partial charge in [0, 0.05) is 26.2 Å². The Hall–Kier alpha value is -2.54. The Bertz CT molecular complexity index is 769. The summed E-state index contributed by atoms with van der Waals surface area (Å²) in [5.74, 6) is 1.21. The lowest BCUT2D eigenvalue weighted by molar-refractivity contribution is -0.142. The van der Waals surface area contributed by atoms with E-state index in [-0.39, 0.29) is 18.4 Å². The molecule has 0 spiro atoms. The molecule has 25 heavy (non-hydrogen) atoms. The molecule has 1 aromatic heterocycles. The van der Waals surface area contributed by atoms with Crippen molar-refractivity contribution in [3.8, 4) is 11.5 Å². The maximum absolute atomic E-state index is 12.7. The second kappa shape index (κ2) is 6.76. The number of carbonyl (C=O) groups excluding carboxylic acids is 2. The van der Waals surface area contributed by atoms with Crippen LogP contribution in [-0.2, 0) is 4.79 Å². The van der Waals surface area contributed by atoms with Crippen molar-refractivity contribution in [2.24, 2.45) is 0 Å². The van der Waals surface area contributed by atoms with Crippen LogP contribution in [0.1, 0.15) is 9.67 Å². The van der Waals surface area contributed by atoms with E-state index in [2.05, 4.69) is 0 Å². The lowest BCUT2D eigenvalue weighted by atomic mass is 10.2. The summed E-state index contributed by atoms with van der Waals surface area (Å²) in [6, 6.07) is 11.0. The molecular formula is C18H18N2O4S. The molecule has 2 aliphatic heterocycles. The minimum Gasteiger partial charge on any atom is -0.485 e. The predicted octanol–water partition coefficient (Wildman–Crippen LogP) is 1.87. The molecule has 2 aliphatic rings. The summed E-state index contributed by atoms with van der Waals surface area (Å²) in [5, 5.41) is 1.89. The van der Waals surface area contributed by atoms with Crippen molar-refractivity contribution < 1.29 is 19.1 Å². The standard InChI is InChI=1S/C18H18N2O4S/c21-17(15-12-23-13-4-1-2-5-14(13)24-15)19-7-9-20(10-8-19)18(22)16-6-3-11-25-16/h1-6,11,15H,7-10,12H2/t15-/m1/s1. The summed E-state index contributed by atoms with van der Waals surface area (Å²) in [4.78, 5) is 29.3. The van der Waals surface area contributed by atoms with E-state index in [1.54, 1.807) is 15.9 Å². The zero-order chi connectivity index (χ0) is 17.2. The summed E-state index contributed by atoms with van der Waals surface area (Å²) in [5.41, 5.74) is 0. The van der Waals surface area contributed by atoms with E-state index in [0.29, 0.717) is 37.7 Å². The number of rotatable bonds is 2. The zero-order valence-electron chi connectivity index (χ0n) is 13.6. The molecule has 0 unspecified atom stereocenters. The molecule has 1 aromatic carbocycles. The third-order valence-corrected chi connectivity index (χ3v) is 5.25. The maximum Gasteiger partial charge on any atom is 0.267 e. The van der Waals surface area contributed by atoms with Gasteiger partial charge in [0.15, 0.2) is 11.5 Å². The smallest absolute Gasteiger partial charge is 0.267 e. The number of ether oxygens (including phenoxy) is 2. The van der Waals surface area contributed by atoms with E-state index in [4.69, 9.17) is 9.47 Å². The Morgan fingerprint density at radius 1 is 0.960 bits per heavy atom. The first-order valence-corrected chi connectivity index (χ1v) is 9.10. The SMILES string of the molecule is O=C(c1cccs1)N1CCN(C(=O)[C@H]2COc3ccccc3O2)CC1. The quantitative estimate of drug-likeness (QED) is 0.822. The molecular weight excluding hydrogens is 340 g/mol. The molecule has 0 bridgehead atoms. The van der Waals surface area contributed by atoms with E-state index < -0.39 is 6.10 Å². The van der Waals surface area contributed by atoms with Crippen LogP contribution in [0.5, 0.6) is 11.5 Å². The van der Waals surface area contributed by atoms with Crippen molar-refractivity contribution in [1.82, 2.24) is 9.80 Å². The summed E-state index contributed by atoms with van der Waals surface area (Å²) < 4.78 is 11.4. The molecule has 1 saturated heterocycles. The zero-order valence-corrected chi connectivity index (χ0v) is 14.4. The largest absolute Gasteiger partial charge is 0.485 e. The number of benzene rings is 1. The van der Waals surface area contributed by atoms with Crippen molar-refractivity contribution in [1.29, 1.82) is 0 Å². The maximum atomic E-state index is 12.7. The van der Waals surface area contributed by atoms with Gasteiger partial charge in [0.2, 0.25) is 6.10 Å². The highest BCUT2D eigenvalue weighted by Crippen LogP contribution is 2.31. The van der Waals surface area contributed by atoms with Gasteiger partial charge in [0.1, 0.15) is 6.61 Å². The molecule has 2 amide bonds. The number of para-hydroxylation sites is 2. The number of piperazine rings is 1. The molecule has 1 atom stereocenters. The number of fused-ring (bicyclic) bond motifs is 1. The minimum absolute atomic E-state index is 0.0354. The Morgan fingerprint density at radius 3 is 2.40 bits per heavy atom. The third kappa shape index (κ3) is 3.19. The first-order chi connectivity index (χ1) is 12.2. The highest BCUT2D eigenvalue weighted by Gasteiger charge is 2.33. The van der Waals surface area contributed by atoms with Crippen molar-refractivity contribution in [2.45, 2.75) is 6.10 Å². The molecule has 0 aliphatic carbocycles. The molecule has 6 nitrogen and oxygen atoms in total.